The van der Waals surface area contributed by atoms with E-state index < -0.39 is 0 Å². The van der Waals surface area contributed by atoms with E-state index in [0.717, 1.165) is 11.3 Å². The van der Waals surface area contributed by atoms with Gasteiger partial charge in [0.05, 0.1) is 0 Å². The standard InChI is InChI=1S/C9H11N3O/c1-6-4-7(9(10)11)2-3-8(6)12-5-13/h2-5H,1H3,(H3,10,11)(H,12,13). The highest BCUT2D eigenvalue weighted by atomic mass is 16.1. The molecule has 1 aromatic carbocycles. The maximum Gasteiger partial charge on any atom is 0.211 e. The normalized spacial score (nSPS) is 9.31. The summed E-state index contributed by atoms with van der Waals surface area (Å²) < 4.78 is 0. The number of nitrogen functional groups attached to an aromatic ring is 1. The van der Waals surface area contributed by atoms with Crippen molar-refractivity contribution in [2.45, 2.75) is 6.92 Å². The van der Waals surface area contributed by atoms with Gasteiger partial charge in [-0.3, -0.25) is 10.2 Å². The molecular weight excluding hydrogens is 166 g/mol. The van der Waals surface area contributed by atoms with E-state index in [4.69, 9.17) is 11.1 Å². The van der Waals surface area contributed by atoms with Crippen LogP contribution >= 0.6 is 0 Å². The molecule has 0 aromatic heterocycles. The summed E-state index contributed by atoms with van der Waals surface area (Å²) in [4.78, 5) is 10.2. The Kier molecular flexibility index (Phi) is 2.64. The Bertz CT molecular complexity index is 347. The van der Waals surface area contributed by atoms with Crippen molar-refractivity contribution in [1.29, 1.82) is 5.41 Å². The van der Waals surface area contributed by atoms with Crippen LogP contribution in [0.15, 0.2) is 18.2 Å². The van der Waals surface area contributed by atoms with Crippen molar-refractivity contribution in [2.75, 3.05) is 5.32 Å². The lowest BCUT2D eigenvalue weighted by Crippen LogP contribution is -2.11. The number of aryl methyl sites for hydroxylation is 1. The van der Waals surface area contributed by atoms with Gasteiger partial charge in [-0.05, 0) is 30.7 Å². The van der Waals surface area contributed by atoms with Crippen molar-refractivity contribution in [3.63, 3.8) is 0 Å². The maximum absolute atomic E-state index is 10.2. The van der Waals surface area contributed by atoms with Crippen LogP contribution in [-0.4, -0.2) is 12.2 Å². The third-order valence-corrected chi connectivity index (χ3v) is 1.75. The lowest BCUT2D eigenvalue weighted by Gasteiger charge is -2.05. The number of hydrogen-bond donors (Lipinski definition) is 3. The first kappa shape index (κ1) is 9.25. The average Bonchev–Trinajstić information content (AvgIpc) is 2.08. The fourth-order valence-corrected chi connectivity index (χ4v) is 1.06. The summed E-state index contributed by atoms with van der Waals surface area (Å²) in [5.41, 5.74) is 7.59. The summed E-state index contributed by atoms with van der Waals surface area (Å²) in [6, 6.07) is 5.18. The first-order valence-electron chi connectivity index (χ1n) is 3.80. The molecule has 0 bridgehead atoms. The zero-order valence-electron chi connectivity index (χ0n) is 7.29. The summed E-state index contributed by atoms with van der Waals surface area (Å²) in [6.45, 7) is 1.85. The minimum Gasteiger partial charge on any atom is -0.384 e. The Morgan fingerprint density at radius 2 is 2.31 bits per heavy atom. The second-order valence-corrected chi connectivity index (χ2v) is 2.71. The molecule has 0 aliphatic carbocycles. The third-order valence-electron chi connectivity index (χ3n) is 1.75. The molecular formula is C9H11N3O. The molecule has 0 aliphatic rings. The lowest BCUT2D eigenvalue weighted by molar-refractivity contribution is -0.105. The number of carbonyl (C=O) groups excluding carboxylic acids is 1. The van der Waals surface area contributed by atoms with Gasteiger partial charge in [0.2, 0.25) is 6.41 Å². The Morgan fingerprint density at radius 3 is 2.77 bits per heavy atom. The molecule has 0 fully saturated rings. The predicted molar refractivity (Wildman–Crippen MR) is 51.9 cm³/mol. The van der Waals surface area contributed by atoms with Gasteiger partial charge < -0.3 is 11.1 Å². The monoisotopic (exact) mass is 177 g/mol. The molecule has 13 heavy (non-hydrogen) atoms. The van der Waals surface area contributed by atoms with Crippen LogP contribution in [-0.2, 0) is 4.79 Å². The van der Waals surface area contributed by atoms with E-state index in [9.17, 15) is 4.79 Å². The number of amides is 1. The molecule has 0 saturated carbocycles. The highest BCUT2D eigenvalue weighted by molar-refractivity contribution is 5.95. The van der Waals surface area contributed by atoms with Crippen molar-refractivity contribution >= 4 is 17.9 Å². The minimum atomic E-state index is 0.0285. The molecule has 0 spiro atoms. The van der Waals surface area contributed by atoms with Gasteiger partial charge in [0, 0.05) is 11.3 Å². The fraction of sp³-hybridized carbons (Fsp3) is 0.111. The highest BCUT2D eigenvalue weighted by Crippen LogP contribution is 2.15. The van der Waals surface area contributed by atoms with Crippen molar-refractivity contribution < 1.29 is 4.79 Å². The topological polar surface area (TPSA) is 79.0 Å². The van der Waals surface area contributed by atoms with Crippen LogP contribution in [0.4, 0.5) is 5.69 Å². The Morgan fingerprint density at radius 1 is 1.62 bits per heavy atom. The van der Waals surface area contributed by atoms with Crippen LogP contribution in [0.3, 0.4) is 0 Å². The second-order valence-electron chi connectivity index (χ2n) is 2.71. The lowest BCUT2D eigenvalue weighted by atomic mass is 10.1. The number of nitrogens with two attached hydrogens (primary N) is 1. The number of amidine groups is 1. The highest BCUT2D eigenvalue weighted by Gasteiger charge is 2.00. The molecule has 0 aliphatic heterocycles. The van der Waals surface area contributed by atoms with E-state index in [1.165, 1.54) is 0 Å². The van der Waals surface area contributed by atoms with Crippen LogP contribution < -0.4 is 11.1 Å². The van der Waals surface area contributed by atoms with Gasteiger partial charge in [-0.25, -0.2) is 0 Å². The van der Waals surface area contributed by atoms with Gasteiger partial charge >= 0.3 is 0 Å². The van der Waals surface area contributed by atoms with E-state index in [0.29, 0.717) is 12.0 Å². The Balaban J connectivity index is 3.04. The van der Waals surface area contributed by atoms with Gasteiger partial charge in [-0.2, -0.15) is 0 Å². The summed E-state index contributed by atoms with van der Waals surface area (Å²) >= 11 is 0. The number of anilines is 1. The minimum absolute atomic E-state index is 0.0285. The fourth-order valence-electron chi connectivity index (χ4n) is 1.06. The number of rotatable bonds is 3. The van der Waals surface area contributed by atoms with Gasteiger partial charge in [-0.1, -0.05) is 0 Å². The number of nitrogens with one attached hydrogen (secondary N) is 2. The van der Waals surface area contributed by atoms with Gasteiger partial charge in [0.15, 0.2) is 0 Å². The maximum atomic E-state index is 10.2. The molecule has 4 N–H and O–H groups in total. The van der Waals surface area contributed by atoms with Crippen LogP contribution in [0.1, 0.15) is 11.1 Å². The van der Waals surface area contributed by atoms with E-state index in [-0.39, 0.29) is 5.84 Å². The first-order chi connectivity index (χ1) is 6.15. The molecule has 4 heteroatoms. The molecule has 0 atom stereocenters. The zero-order chi connectivity index (χ0) is 9.84. The third kappa shape index (κ3) is 2.05. The molecule has 0 heterocycles. The molecule has 4 nitrogen and oxygen atoms in total. The molecule has 68 valence electrons. The van der Waals surface area contributed by atoms with Crippen molar-refractivity contribution in [3.05, 3.63) is 29.3 Å². The molecule has 1 aromatic rings. The summed E-state index contributed by atoms with van der Waals surface area (Å²) in [7, 11) is 0. The quantitative estimate of drug-likeness (QED) is 0.363. The number of hydrogen-bond acceptors (Lipinski definition) is 2. The van der Waals surface area contributed by atoms with Gasteiger partial charge in [0.25, 0.3) is 0 Å². The SMILES string of the molecule is Cc1cc(C(=N)N)ccc1NC=O. The Hall–Kier alpha value is -1.84. The van der Waals surface area contributed by atoms with Crippen molar-refractivity contribution in [3.8, 4) is 0 Å². The summed E-state index contributed by atoms with van der Waals surface area (Å²) in [5.74, 6) is 0.0285. The van der Waals surface area contributed by atoms with Crippen molar-refractivity contribution in [1.82, 2.24) is 0 Å². The predicted octanol–water partition coefficient (Wildman–Crippen LogP) is 0.847. The van der Waals surface area contributed by atoms with E-state index in [2.05, 4.69) is 5.32 Å². The second kappa shape index (κ2) is 3.71. The van der Waals surface area contributed by atoms with Crippen LogP contribution in [0, 0.1) is 12.3 Å². The average molecular weight is 177 g/mol. The molecule has 1 amide bonds. The van der Waals surface area contributed by atoms with Crippen LogP contribution in [0.5, 0.6) is 0 Å². The zero-order valence-corrected chi connectivity index (χ0v) is 7.29. The van der Waals surface area contributed by atoms with Crippen molar-refractivity contribution in [2.24, 2.45) is 5.73 Å². The smallest absolute Gasteiger partial charge is 0.211 e. The molecule has 1 rings (SSSR count). The molecule has 0 unspecified atom stereocenters. The molecule has 0 radical (unpaired) electrons. The number of carbonyl (C=O) groups is 1. The Labute approximate surface area is 76.3 Å². The largest absolute Gasteiger partial charge is 0.384 e. The van der Waals surface area contributed by atoms with Crippen LogP contribution in [0.25, 0.3) is 0 Å². The van der Waals surface area contributed by atoms with E-state index >= 15 is 0 Å². The van der Waals surface area contributed by atoms with Gasteiger partial charge in [0.1, 0.15) is 5.84 Å². The summed E-state index contributed by atoms with van der Waals surface area (Å²) in [6.07, 6.45) is 0.621. The number of benzene rings is 1. The van der Waals surface area contributed by atoms with Gasteiger partial charge in [-0.15, -0.1) is 0 Å². The first-order valence-corrected chi connectivity index (χ1v) is 3.80. The molecule has 0 saturated heterocycles. The van der Waals surface area contributed by atoms with E-state index in [1.54, 1.807) is 18.2 Å². The van der Waals surface area contributed by atoms with Crippen LogP contribution in [0.2, 0.25) is 0 Å². The summed E-state index contributed by atoms with van der Waals surface area (Å²) in [5, 5.41) is 9.74. The van der Waals surface area contributed by atoms with E-state index in [1.807, 2.05) is 6.92 Å².